The van der Waals surface area contributed by atoms with E-state index in [9.17, 15) is 14.4 Å². The molecule has 0 spiro atoms. The fourth-order valence-electron chi connectivity index (χ4n) is 1.91. The number of hydrogen-bond donors (Lipinski definition) is 3. The minimum Gasteiger partial charge on any atom is -0.326 e. The Morgan fingerprint density at radius 2 is 1.95 bits per heavy atom. The van der Waals surface area contributed by atoms with Gasteiger partial charge in [-0.15, -0.1) is 0 Å². The summed E-state index contributed by atoms with van der Waals surface area (Å²) >= 11 is 5.96. The average molecular weight is 296 g/mol. The van der Waals surface area contributed by atoms with Gasteiger partial charge in [-0.1, -0.05) is 17.7 Å². The van der Waals surface area contributed by atoms with Crippen molar-refractivity contribution in [2.75, 3.05) is 5.32 Å². The molecule has 2 rings (SSSR count). The largest absolute Gasteiger partial charge is 0.326 e. The lowest BCUT2D eigenvalue weighted by molar-refractivity contribution is -0.128. The number of rotatable bonds is 4. The topological polar surface area (TPSA) is 87.3 Å². The molecule has 0 aromatic heterocycles. The Balaban J connectivity index is 1.91. The van der Waals surface area contributed by atoms with E-state index in [-0.39, 0.29) is 18.7 Å². The van der Waals surface area contributed by atoms with Gasteiger partial charge in [0.1, 0.15) is 5.92 Å². The molecule has 0 bridgehead atoms. The van der Waals surface area contributed by atoms with Crippen LogP contribution in [0.25, 0.3) is 0 Å². The van der Waals surface area contributed by atoms with Gasteiger partial charge in [0.25, 0.3) is 11.8 Å². The molecule has 7 heteroatoms. The lowest BCUT2D eigenvalue weighted by atomic mass is 10.0. The first-order valence-corrected chi connectivity index (χ1v) is 6.51. The van der Waals surface area contributed by atoms with Crippen molar-refractivity contribution in [3.8, 4) is 0 Å². The van der Waals surface area contributed by atoms with Crippen LogP contribution >= 0.6 is 11.6 Å². The first-order chi connectivity index (χ1) is 9.49. The molecular weight excluding hydrogens is 282 g/mol. The number of nitrogens with one attached hydrogen (secondary N) is 3. The van der Waals surface area contributed by atoms with Crippen molar-refractivity contribution in [2.45, 2.75) is 19.8 Å². The summed E-state index contributed by atoms with van der Waals surface area (Å²) in [6.45, 7) is 1.80. The molecule has 3 N–H and O–H groups in total. The number of hydrazine groups is 1. The van der Waals surface area contributed by atoms with Crippen LogP contribution in [0.4, 0.5) is 5.69 Å². The molecule has 3 amide bonds. The third-order valence-electron chi connectivity index (χ3n) is 3.14. The van der Waals surface area contributed by atoms with Crippen LogP contribution in [-0.2, 0) is 14.4 Å². The summed E-state index contributed by atoms with van der Waals surface area (Å²) in [7, 11) is 0. The zero-order valence-electron chi connectivity index (χ0n) is 10.8. The second kappa shape index (κ2) is 5.92. The van der Waals surface area contributed by atoms with Crippen molar-refractivity contribution in [2.24, 2.45) is 5.92 Å². The van der Waals surface area contributed by atoms with Gasteiger partial charge in [0, 0.05) is 17.1 Å². The molecule has 1 fully saturated rings. The van der Waals surface area contributed by atoms with Crippen LogP contribution in [0.15, 0.2) is 18.2 Å². The third kappa shape index (κ3) is 3.08. The summed E-state index contributed by atoms with van der Waals surface area (Å²) in [6, 6.07) is 5.22. The first kappa shape index (κ1) is 14.3. The molecule has 20 heavy (non-hydrogen) atoms. The quantitative estimate of drug-likeness (QED) is 0.728. The summed E-state index contributed by atoms with van der Waals surface area (Å²) in [5.41, 5.74) is 5.85. The molecule has 1 aliphatic rings. The highest BCUT2D eigenvalue weighted by Crippen LogP contribution is 2.23. The van der Waals surface area contributed by atoms with Crippen LogP contribution in [-0.4, -0.2) is 17.7 Å². The Kier molecular flexibility index (Phi) is 4.24. The standard InChI is InChI=1S/C13H14ClN3O3/c1-7-9(14)3-2-4-10(7)15-11(18)6-5-8-12(19)16-17-13(8)20/h2-4,8H,5-6H2,1H3,(H,15,18)(H,16,19)(H,17,20). The summed E-state index contributed by atoms with van der Waals surface area (Å²) in [6.07, 6.45) is 0.251. The fourth-order valence-corrected chi connectivity index (χ4v) is 2.08. The van der Waals surface area contributed by atoms with E-state index in [4.69, 9.17) is 11.6 Å². The highest BCUT2D eigenvalue weighted by molar-refractivity contribution is 6.31. The molecule has 106 valence electrons. The number of benzene rings is 1. The van der Waals surface area contributed by atoms with Gasteiger partial charge in [0.2, 0.25) is 5.91 Å². The number of carbonyl (C=O) groups excluding carboxylic acids is 3. The Bertz CT molecular complexity index is 558. The van der Waals surface area contributed by atoms with Gasteiger partial charge < -0.3 is 5.32 Å². The lowest BCUT2D eigenvalue weighted by Gasteiger charge is -2.10. The van der Waals surface area contributed by atoms with Crippen molar-refractivity contribution in [3.63, 3.8) is 0 Å². The molecule has 0 aliphatic carbocycles. The van der Waals surface area contributed by atoms with E-state index in [1.54, 1.807) is 25.1 Å². The highest BCUT2D eigenvalue weighted by atomic mass is 35.5. The van der Waals surface area contributed by atoms with Gasteiger partial charge >= 0.3 is 0 Å². The van der Waals surface area contributed by atoms with E-state index in [1.807, 2.05) is 0 Å². The summed E-state index contributed by atoms with van der Waals surface area (Å²) in [4.78, 5) is 34.4. The average Bonchev–Trinajstić information content (AvgIpc) is 2.72. The van der Waals surface area contributed by atoms with Crippen LogP contribution in [0.1, 0.15) is 18.4 Å². The Morgan fingerprint density at radius 1 is 1.30 bits per heavy atom. The maximum atomic E-state index is 11.8. The molecule has 1 aromatic carbocycles. The van der Waals surface area contributed by atoms with Gasteiger partial charge in [-0.2, -0.15) is 0 Å². The zero-order chi connectivity index (χ0) is 14.7. The fraction of sp³-hybridized carbons (Fsp3) is 0.308. The monoisotopic (exact) mass is 295 g/mol. The van der Waals surface area contributed by atoms with Crippen LogP contribution in [0.5, 0.6) is 0 Å². The third-order valence-corrected chi connectivity index (χ3v) is 3.55. The van der Waals surface area contributed by atoms with Crippen LogP contribution in [0.3, 0.4) is 0 Å². The second-order valence-electron chi connectivity index (χ2n) is 4.53. The molecule has 0 atom stereocenters. The van der Waals surface area contributed by atoms with E-state index < -0.39 is 17.7 Å². The van der Waals surface area contributed by atoms with Gasteiger partial charge in [-0.25, -0.2) is 0 Å². The van der Waals surface area contributed by atoms with Gasteiger partial charge in [0.15, 0.2) is 0 Å². The van der Waals surface area contributed by atoms with Crippen LogP contribution < -0.4 is 16.2 Å². The van der Waals surface area contributed by atoms with Crippen LogP contribution in [0, 0.1) is 12.8 Å². The number of anilines is 1. The lowest BCUT2D eigenvalue weighted by Crippen LogP contribution is -2.28. The van der Waals surface area contributed by atoms with Crippen molar-refractivity contribution in [1.82, 2.24) is 10.9 Å². The van der Waals surface area contributed by atoms with Crippen molar-refractivity contribution in [1.29, 1.82) is 0 Å². The van der Waals surface area contributed by atoms with Gasteiger partial charge in [0.05, 0.1) is 0 Å². The van der Waals surface area contributed by atoms with Crippen LogP contribution in [0.2, 0.25) is 5.02 Å². The maximum Gasteiger partial charge on any atom is 0.251 e. The van der Waals surface area contributed by atoms with Crippen molar-refractivity contribution < 1.29 is 14.4 Å². The first-order valence-electron chi connectivity index (χ1n) is 6.13. The number of amides is 3. The second-order valence-corrected chi connectivity index (χ2v) is 4.94. The predicted octanol–water partition coefficient (Wildman–Crippen LogP) is 1.14. The van der Waals surface area contributed by atoms with E-state index in [2.05, 4.69) is 16.2 Å². The summed E-state index contributed by atoms with van der Waals surface area (Å²) < 4.78 is 0. The van der Waals surface area contributed by atoms with Gasteiger partial charge in [-0.05, 0) is 31.0 Å². The predicted molar refractivity (Wildman–Crippen MR) is 73.8 cm³/mol. The highest BCUT2D eigenvalue weighted by Gasteiger charge is 2.32. The molecule has 1 saturated heterocycles. The van der Waals surface area contributed by atoms with E-state index in [0.717, 1.165) is 5.56 Å². The molecule has 6 nitrogen and oxygen atoms in total. The number of hydrogen-bond acceptors (Lipinski definition) is 3. The number of halogens is 1. The molecule has 1 aliphatic heterocycles. The molecule has 0 saturated carbocycles. The zero-order valence-corrected chi connectivity index (χ0v) is 11.6. The molecule has 0 unspecified atom stereocenters. The molecule has 1 aromatic rings. The minimum absolute atomic E-state index is 0.0808. The SMILES string of the molecule is Cc1c(Cl)cccc1NC(=O)CCC1C(=O)NNC1=O. The summed E-state index contributed by atoms with van der Waals surface area (Å²) in [5.74, 6) is -1.87. The smallest absolute Gasteiger partial charge is 0.251 e. The molecular formula is C13H14ClN3O3. The van der Waals surface area contributed by atoms with E-state index >= 15 is 0 Å². The minimum atomic E-state index is -0.804. The number of carbonyl (C=O) groups is 3. The molecule has 0 radical (unpaired) electrons. The maximum absolute atomic E-state index is 11.8. The normalized spacial score (nSPS) is 14.9. The Labute approximate surface area is 120 Å². The van der Waals surface area contributed by atoms with Crippen molar-refractivity contribution in [3.05, 3.63) is 28.8 Å². The Hall–Kier alpha value is -2.08. The molecule has 1 heterocycles. The van der Waals surface area contributed by atoms with E-state index in [0.29, 0.717) is 10.7 Å². The van der Waals surface area contributed by atoms with Crippen molar-refractivity contribution >= 4 is 35.0 Å². The van der Waals surface area contributed by atoms with Gasteiger partial charge in [-0.3, -0.25) is 25.2 Å². The van der Waals surface area contributed by atoms with E-state index in [1.165, 1.54) is 0 Å². The Morgan fingerprint density at radius 3 is 2.60 bits per heavy atom. The summed E-state index contributed by atoms with van der Waals surface area (Å²) in [5, 5.41) is 3.28.